The van der Waals surface area contributed by atoms with Gasteiger partial charge in [0.2, 0.25) is 17.7 Å². The Balaban J connectivity index is 1.81. The van der Waals surface area contributed by atoms with E-state index in [-0.39, 0.29) is 32.8 Å². The maximum atomic E-state index is 12.5. The summed E-state index contributed by atoms with van der Waals surface area (Å²) < 4.78 is 35.3. The second kappa shape index (κ2) is 21.1. The Hall–Kier alpha value is -2.15. The molecule has 0 aromatic rings. The van der Waals surface area contributed by atoms with E-state index >= 15 is 0 Å². The summed E-state index contributed by atoms with van der Waals surface area (Å²) in [6.07, 6.45) is -12.8. The van der Waals surface area contributed by atoms with E-state index < -0.39 is 135 Å². The first-order chi connectivity index (χ1) is 24.7. The van der Waals surface area contributed by atoms with Gasteiger partial charge in [-0.25, -0.2) is 0 Å². The minimum Gasteiger partial charge on any atom is -0.394 e. The van der Waals surface area contributed by atoms with E-state index in [4.69, 9.17) is 28.4 Å². The Labute approximate surface area is 301 Å². The number of carbonyl (C=O) groups excluding carboxylic acids is 3. The van der Waals surface area contributed by atoms with Crippen molar-refractivity contribution in [1.82, 2.24) is 16.0 Å². The molecule has 0 bridgehead atoms. The standard InChI is InChI=1S/C32H57N3O17/c1-5-6-24(42)52-31-18(11-48-12-22-25(33-14(2)39)30(45)29(44)21(9-38)50-22)20(8-37)49-23(26(31)34-15(3)40)13-47-10-17-19(7-36)51-32(46)27(28(17)43)35-16(4)41/h17-32,36-38,42-46H,5-13H2,1-4H3,(H,33,39)(H,34,40)(H,35,41)/t17-,18-,19?,20?,21?,22+,23+,24?,25?,26?,27?,28+,29-,30-,31+,32-/m1/s1. The summed E-state index contributed by atoms with van der Waals surface area (Å²) in [7, 11) is 0. The molecule has 0 spiro atoms. The molecular weight excluding hydrogens is 698 g/mol. The van der Waals surface area contributed by atoms with Crippen molar-refractivity contribution < 1.29 is 83.7 Å². The summed E-state index contributed by atoms with van der Waals surface area (Å²) in [5.74, 6) is -3.30. The quantitative estimate of drug-likeness (QED) is 0.0582. The molecule has 3 rings (SSSR count). The van der Waals surface area contributed by atoms with Crippen molar-refractivity contribution in [2.24, 2.45) is 11.8 Å². The Morgan fingerprint density at radius 3 is 1.63 bits per heavy atom. The first kappa shape index (κ1) is 44.2. The third-order valence-corrected chi connectivity index (χ3v) is 9.44. The Morgan fingerprint density at radius 2 is 1.10 bits per heavy atom. The van der Waals surface area contributed by atoms with Gasteiger partial charge in [-0.15, -0.1) is 0 Å². The van der Waals surface area contributed by atoms with Gasteiger partial charge in [0.25, 0.3) is 0 Å². The maximum Gasteiger partial charge on any atom is 0.217 e. The van der Waals surface area contributed by atoms with Crippen LogP contribution in [0.25, 0.3) is 0 Å². The van der Waals surface area contributed by atoms with Gasteiger partial charge in [-0.3, -0.25) is 14.4 Å². The molecule has 3 aliphatic heterocycles. The fraction of sp³-hybridized carbons (Fsp3) is 0.906. The molecule has 0 aromatic carbocycles. The number of hydrogen-bond donors (Lipinski definition) is 11. The number of aliphatic hydroxyl groups excluding tert-OH is 8. The van der Waals surface area contributed by atoms with Crippen molar-refractivity contribution in [2.75, 3.05) is 46.2 Å². The molecule has 3 aliphatic rings. The summed E-state index contributed by atoms with van der Waals surface area (Å²) in [6, 6.07) is -3.31. The van der Waals surface area contributed by atoms with Crippen LogP contribution in [0.4, 0.5) is 0 Å². The van der Waals surface area contributed by atoms with Crippen LogP contribution in [0, 0.1) is 11.8 Å². The van der Waals surface area contributed by atoms with Gasteiger partial charge in [-0.05, 0) is 6.42 Å². The van der Waals surface area contributed by atoms with Gasteiger partial charge in [-0.1, -0.05) is 13.3 Å². The molecule has 3 saturated heterocycles. The summed E-state index contributed by atoms with van der Waals surface area (Å²) >= 11 is 0. The van der Waals surface area contributed by atoms with Crippen LogP contribution >= 0.6 is 0 Å². The zero-order valence-electron chi connectivity index (χ0n) is 29.9. The highest BCUT2D eigenvalue weighted by molar-refractivity contribution is 5.74. The van der Waals surface area contributed by atoms with Crippen LogP contribution in [0.15, 0.2) is 0 Å². The van der Waals surface area contributed by atoms with Crippen LogP contribution in [0.1, 0.15) is 40.5 Å². The molecule has 20 heteroatoms. The number of nitrogens with one attached hydrogen (secondary N) is 3. The fourth-order valence-corrected chi connectivity index (χ4v) is 6.90. The van der Waals surface area contributed by atoms with Crippen LogP contribution in [-0.4, -0.2) is 190 Å². The number of hydrogen-bond acceptors (Lipinski definition) is 17. The van der Waals surface area contributed by atoms with Crippen molar-refractivity contribution in [2.45, 2.75) is 126 Å². The topological polar surface area (TPSA) is 305 Å². The Kier molecular flexibility index (Phi) is 17.9. The number of ether oxygens (including phenoxy) is 6. The molecule has 0 radical (unpaired) electrons. The molecule has 0 aromatic heterocycles. The van der Waals surface area contributed by atoms with E-state index in [1.807, 2.05) is 6.92 Å². The lowest BCUT2D eigenvalue weighted by Gasteiger charge is -2.47. The molecule has 52 heavy (non-hydrogen) atoms. The van der Waals surface area contributed by atoms with Gasteiger partial charge in [0.1, 0.15) is 36.6 Å². The van der Waals surface area contributed by atoms with Crippen molar-refractivity contribution in [3.63, 3.8) is 0 Å². The van der Waals surface area contributed by atoms with E-state index in [0.29, 0.717) is 6.42 Å². The third kappa shape index (κ3) is 11.7. The lowest BCUT2D eigenvalue weighted by atomic mass is 9.85. The van der Waals surface area contributed by atoms with Crippen molar-refractivity contribution in [3.05, 3.63) is 0 Å². The SMILES string of the molecule is CCCC(O)O[C@@H]1C(NC(C)=O)[C@H](COC[C@@H]2C(CO)O[C@@H](O)C(NC(C)=O)[C@H]2O)OC(CO)[C@H]1COC[C@@H]1OC(CO)[C@@H](O)[C@H](O)C1NC(C)=O. The molecule has 0 saturated carbocycles. The molecule has 11 N–H and O–H groups in total. The zero-order chi connectivity index (χ0) is 38.7. The molecule has 3 amide bonds. The summed E-state index contributed by atoms with van der Waals surface area (Å²) in [5.41, 5.74) is 0. The zero-order valence-corrected chi connectivity index (χ0v) is 29.9. The van der Waals surface area contributed by atoms with Crippen LogP contribution < -0.4 is 16.0 Å². The molecule has 302 valence electrons. The lowest BCUT2D eigenvalue weighted by Crippen LogP contribution is -2.66. The van der Waals surface area contributed by atoms with Gasteiger partial charge in [0.15, 0.2) is 12.6 Å². The second-order valence-electron chi connectivity index (χ2n) is 13.4. The van der Waals surface area contributed by atoms with Crippen molar-refractivity contribution in [1.29, 1.82) is 0 Å². The van der Waals surface area contributed by atoms with E-state index in [1.54, 1.807) is 0 Å². The number of amides is 3. The number of aliphatic hydroxyl groups is 8. The smallest absolute Gasteiger partial charge is 0.217 e. The summed E-state index contributed by atoms with van der Waals surface area (Å²) in [6.45, 7) is 2.73. The van der Waals surface area contributed by atoms with Gasteiger partial charge in [0.05, 0.1) is 82.7 Å². The molecule has 0 aliphatic carbocycles. The highest BCUT2D eigenvalue weighted by Gasteiger charge is 2.50. The van der Waals surface area contributed by atoms with Crippen LogP contribution in [0.5, 0.6) is 0 Å². The molecule has 20 nitrogen and oxygen atoms in total. The molecule has 16 atom stereocenters. The Bertz CT molecular complexity index is 1120. The molecular formula is C32H57N3O17. The van der Waals surface area contributed by atoms with Crippen LogP contribution in [-0.2, 0) is 42.8 Å². The first-order valence-corrected chi connectivity index (χ1v) is 17.5. The molecule has 3 fully saturated rings. The Morgan fingerprint density at radius 1 is 0.615 bits per heavy atom. The van der Waals surface area contributed by atoms with E-state index in [9.17, 15) is 55.2 Å². The number of rotatable bonds is 18. The fourth-order valence-electron chi connectivity index (χ4n) is 6.90. The monoisotopic (exact) mass is 755 g/mol. The predicted molar refractivity (Wildman–Crippen MR) is 175 cm³/mol. The van der Waals surface area contributed by atoms with Crippen molar-refractivity contribution >= 4 is 17.7 Å². The largest absolute Gasteiger partial charge is 0.394 e. The third-order valence-electron chi connectivity index (χ3n) is 9.44. The van der Waals surface area contributed by atoms with Gasteiger partial charge in [-0.2, -0.15) is 0 Å². The van der Waals surface area contributed by atoms with E-state index in [1.165, 1.54) is 20.8 Å². The molecule has 3 heterocycles. The second-order valence-corrected chi connectivity index (χ2v) is 13.4. The minimum absolute atomic E-state index is 0.218. The summed E-state index contributed by atoms with van der Waals surface area (Å²) in [5, 5.41) is 90.7. The van der Waals surface area contributed by atoms with Crippen molar-refractivity contribution in [3.8, 4) is 0 Å². The average Bonchev–Trinajstić information content (AvgIpc) is 3.08. The minimum atomic E-state index is -1.59. The average molecular weight is 756 g/mol. The van der Waals surface area contributed by atoms with E-state index in [0.717, 1.165) is 0 Å². The summed E-state index contributed by atoms with van der Waals surface area (Å²) in [4.78, 5) is 36.0. The van der Waals surface area contributed by atoms with Gasteiger partial charge in [0, 0.05) is 32.6 Å². The maximum absolute atomic E-state index is 12.5. The van der Waals surface area contributed by atoms with Gasteiger partial charge >= 0.3 is 0 Å². The van der Waals surface area contributed by atoms with E-state index in [2.05, 4.69) is 16.0 Å². The lowest BCUT2D eigenvalue weighted by molar-refractivity contribution is -0.256. The van der Waals surface area contributed by atoms with Gasteiger partial charge < -0.3 is 85.2 Å². The van der Waals surface area contributed by atoms with Crippen LogP contribution in [0.2, 0.25) is 0 Å². The number of carbonyl (C=O) groups is 3. The predicted octanol–water partition coefficient (Wildman–Crippen LogP) is -5.42. The van der Waals surface area contributed by atoms with Crippen LogP contribution in [0.3, 0.4) is 0 Å². The normalized spacial score (nSPS) is 38.7. The molecule has 7 unspecified atom stereocenters. The highest BCUT2D eigenvalue weighted by atomic mass is 16.6. The first-order valence-electron chi connectivity index (χ1n) is 17.5. The highest BCUT2D eigenvalue weighted by Crippen LogP contribution is 2.32.